The van der Waals surface area contributed by atoms with Crippen LogP contribution >= 0.6 is 0 Å². The summed E-state index contributed by atoms with van der Waals surface area (Å²) in [6.45, 7) is 8.67. The Hall–Kier alpha value is -3.88. The van der Waals surface area contributed by atoms with Crippen molar-refractivity contribution in [2.24, 2.45) is 0 Å². The van der Waals surface area contributed by atoms with Crippen LogP contribution in [0.15, 0.2) is 54.6 Å². The van der Waals surface area contributed by atoms with Gasteiger partial charge in [-0.2, -0.15) is 0 Å². The minimum atomic E-state index is -1.04. The van der Waals surface area contributed by atoms with E-state index >= 15 is 0 Å². The Morgan fingerprint density at radius 3 is 2.24 bits per heavy atom. The van der Waals surface area contributed by atoms with Crippen LogP contribution < -0.4 is 10.6 Å². The Morgan fingerprint density at radius 2 is 1.68 bits per heavy atom. The smallest absolute Gasteiger partial charge is 0.408 e. The number of esters is 1. The summed E-state index contributed by atoms with van der Waals surface area (Å²) in [4.78, 5) is 53.0. The van der Waals surface area contributed by atoms with Crippen LogP contribution in [0.4, 0.5) is 4.79 Å². The third-order valence-electron chi connectivity index (χ3n) is 5.45. The fourth-order valence-corrected chi connectivity index (χ4v) is 3.81. The third-order valence-corrected chi connectivity index (χ3v) is 5.45. The first-order chi connectivity index (χ1) is 17.4. The van der Waals surface area contributed by atoms with Gasteiger partial charge in [0.05, 0.1) is 7.11 Å². The molecule has 9 heteroatoms. The molecule has 0 aliphatic heterocycles. The lowest BCUT2D eigenvalue weighted by Gasteiger charge is -2.34. The molecule has 2 aromatic carbocycles. The van der Waals surface area contributed by atoms with Gasteiger partial charge in [-0.05, 0) is 45.7 Å². The van der Waals surface area contributed by atoms with E-state index in [1.54, 1.807) is 39.8 Å². The maximum atomic E-state index is 14.0. The number of hydrogen-bond acceptors (Lipinski definition) is 6. The van der Waals surface area contributed by atoms with Gasteiger partial charge in [0.1, 0.15) is 24.2 Å². The number of carbonyl (C=O) groups is 4. The van der Waals surface area contributed by atoms with E-state index < -0.39 is 41.6 Å². The standard InChI is InChI=1S/C28H37N3O6/c1-7-31(24(21-15-11-12-19(2)16-21)25(33)29-18-23(32)36-6)26(34)22(17-20-13-9-8-10-14-20)30-27(35)37-28(3,4)5/h8-16,22,24H,7,17-18H2,1-6H3,(H,29,33)(H,30,35). The fraction of sp³-hybridized carbons (Fsp3) is 0.429. The van der Waals surface area contributed by atoms with Gasteiger partial charge in [0, 0.05) is 13.0 Å². The Kier molecular flexibility index (Phi) is 10.7. The molecule has 2 rings (SSSR count). The number of nitrogens with one attached hydrogen (secondary N) is 2. The summed E-state index contributed by atoms with van der Waals surface area (Å²) in [6.07, 6.45) is -0.542. The van der Waals surface area contributed by atoms with E-state index in [0.717, 1.165) is 11.1 Å². The molecule has 0 aliphatic rings. The van der Waals surface area contributed by atoms with E-state index in [9.17, 15) is 19.2 Å². The predicted molar refractivity (Wildman–Crippen MR) is 140 cm³/mol. The average molecular weight is 512 g/mol. The van der Waals surface area contributed by atoms with Crippen LogP contribution in [0.2, 0.25) is 0 Å². The molecule has 2 atom stereocenters. The molecule has 37 heavy (non-hydrogen) atoms. The Labute approximate surface area is 218 Å². The van der Waals surface area contributed by atoms with Crippen molar-refractivity contribution in [3.8, 4) is 0 Å². The molecule has 0 spiro atoms. The molecule has 0 saturated heterocycles. The first-order valence-corrected chi connectivity index (χ1v) is 12.2. The highest BCUT2D eigenvalue weighted by atomic mass is 16.6. The zero-order chi connectivity index (χ0) is 27.6. The first kappa shape index (κ1) is 29.4. The fourth-order valence-electron chi connectivity index (χ4n) is 3.81. The van der Waals surface area contributed by atoms with Gasteiger partial charge < -0.3 is 25.0 Å². The molecule has 2 unspecified atom stereocenters. The number of amides is 3. The summed E-state index contributed by atoms with van der Waals surface area (Å²) in [6, 6.07) is 14.5. The van der Waals surface area contributed by atoms with Crippen molar-refractivity contribution >= 4 is 23.9 Å². The van der Waals surface area contributed by atoms with Crippen molar-refractivity contribution in [1.82, 2.24) is 15.5 Å². The number of nitrogens with zero attached hydrogens (tertiary/aromatic N) is 1. The lowest BCUT2D eigenvalue weighted by molar-refractivity contribution is -0.144. The van der Waals surface area contributed by atoms with Crippen molar-refractivity contribution in [3.63, 3.8) is 0 Å². The number of rotatable bonds is 10. The quantitative estimate of drug-likeness (QED) is 0.473. The molecule has 2 aromatic rings. The molecule has 0 aromatic heterocycles. The monoisotopic (exact) mass is 511 g/mol. The van der Waals surface area contributed by atoms with E-state index in [0.29, 0.717) is 5.56 Å². The van der Waals surface area contributed by atoms with Gasteiger partial charge in [0.15, 0.2) is 0 Å². The molecule has 3 amide bonds. The van der Waals surface area contributed by atoms with Gasteiger partial charge in [-0.15, -0.1) is 0 Å². The van der Waals surface area contributed by atoms with Gasteiger partial charge in [-0.1, -0.05) is 60.2 Å². The molecule has 0 radical (unpaired) electrons. The number of ether oxygens (including phenoxy) is 2. The van der Waals surface area contributed by atoms with E-state index in [1.807, 2.05) is 49.4 Å². The topological polar surface area (TPSA) is 114 Å². The normalized spacial score (nSPS) is 12.6. The lowest BCUT2D eigenvalue weighted by Crippen LogP contribution is -2.54. The van der Waals surface area contributed by atoms with E-state index in [2.05, 4.69) is 15.4 Å². The van der Waals surface area contributed by atoms with E-state index in [4.69, 9.17) is 4.74 Å². The van der Waals surface area contributed by atoms with Crippen LogP contribution in [0.5, 0.6) is 0 Å². The highest BCUT2D eigenvalue weighted by Gasteiger charge is 2.35. The number of methoxy groups -OCH3 is 1. The van der Waals surface area contributed by atoms with Crippen LogP contribution in [-0.4, -0.2) is 60.6 Å². The van der Waals surface area contributed by atoms with E-state index in [-0.39, 0.29) is 19.5 Å². The summed E-state index contributed by atoms with van der Waals surface area (Å²) in [7, 11) is 1.23. The molecule has 0 fully saturated rings. The third kappa shape index (κ3) is 9.25. The van der Waals surface area contributed by atoms with Crippen molar-refractivity contribution in [3.05, 3.63) is 71.3 Å². The SMILES string of the molecule is CCN(C(=O)C(Cc1ccccc1)NC(=O)OC(C)(C)C)C(C(=O)NCC(=O)OC)c1cccc(C)c1. The summed E-state index contributed by atoms with van der Waals surface area (Å²) >= 11 is 0. The maximum absolute atomic E-state index is 14.0. The van der Waals surface area contributed by atoms with Crippen LogP contribution in [-0.2, 0) is 30.3 Å². The van der Waals surface area contributed by atoms with Crippen LogP contribution in [0.3, 0.4) is 0 Å². The van der Waals surface area contributed by atoms with Crippen molar-refractivity contribution in [2.45, 2.75) is 58.7 Å². The Morgan fingerprint density at radius 1 is 1.00 bits per heavy atom. The maximum Gasteiger partial charge on any atom is 0.408 e. The zero-order valence-corrected chi connectivity index (χ0v) is 22.4. The van der Waals surface area contributed by atoms with Crippen LogP contribution in [0.25, 0.3) is 0 Å². The minimum absolute atomic E-state index is 0.171. The number of hydrogen-bond donors (Lipinski definition) is 2. The Balaban J connectivity index is 2.45. The van der Waals surface area contributed by atoms with Crippen molar-refractivity contribution < 1.29 is 28.7 Å². The number of benzene rings is 2. The summed E-state index contributed by atoms with van der Waals surface area (Å²) in [5.74, 6) is -1.61. The van der Waals surface area contributed by atoms with E-state index in [1.165, 1.54) is 12.0 Å². The highest BCUT2D eigenvalue weighted by molar-refractivity contribution is 5.93. The summed E-state index contributed by atoms with van der Waals surface area (Å²) in [5.41, 5.74) is 1.55. The second-order valence-electron chi connectivity index (χ2n) is 9.62. The van der Waals surface area contributed by atoms with Crippen molar-refractivity contribution in [2.75, 3.05) is 20.2 Å². The van der Waals surface area contributed by atoms with Crippen molar-refractivity contribution in [1.29, 1.82) is 0 Å². The molecule has 0 heterocycles. The molecule has 0 saturated carbocycles. The number of carbonyl (C=O) groups excluding carboxylic acids is 4. The van der Waals surface area contributed by atoms with Gasteiger partial charge in [0.2, 0.25) is 11.8 Å². The molecule has 0 aliphatic carbocycles. The second kappa shape index (κ2) is 13.4. The molecule has 9 nitrogen and oxygen atoms in total. The summed E-state index contributed by atoms with van der Waals surface area (Å²) in [5, 5.41) is 5.26. The first-order valence-electron chi connectivity index (χ1n) is 12.2. The summed E-state index contributed by atoms with van der Waals surface area (Å²) < 4.78 is 10.0. The number of alkyl carbamates (subject to hydrolysis) is 1. The average Bonchev–Trinajstić information content (AvgIpc) is 2.84. The zero-order valence-electron chi connectivity index (χ0n) is 22.4. The van der Waals surface area contributed by atoms with Gasteiger partial charge in [-0.25, -0.2) is 4.79 Å². The molecule has 2 N–H and O–H groups in total. The second-order valence-corrected chi connectivity index (χ2v) is 9.62. The van der Waals surface area contributed by atoms with Crippen LogP contribution in [0.1, 0.15) is 50.4 Å². The molecular weight excluding hydrogens is 474 g/mol. The largest absolute Gasteiger partial charge is 0.468 e. The lowest BCUT2D eigenvalue weighted by atomic mass is 9.99. The minimum Gasteiger partial charge on any atom is -0.468 e. The molecule has 200 valence electrons. The molecular formula is C28H37N3O6. The van der Waals surface area contributed by atoms with Gasteiger partial charge >= 0.3 is 12.1 Å². The predicted octanol–water partition coefficient (Wildman–Crippen LogP) is 3.31. The number of aryl methyl sites for hydroxylation is 1. The highest BCUT2D eigenvalue weighted by Crippen LogP contribution is 2.24. The molecule has 0 bridgehead atoms. The number of likely N-dealkylation sites (N-methyl/N-ethyl adjacent to an activating group) is 1. The van der Waals surface area contributed by atoms with Crippen LogP contribution in [0, 0.1) is 6.92 Å². The Bertz CT molecular complexity index is 1080. The van der Waals surface area contributed by atoms with Gasteiger partial charge in [-0.3, -0.25) is 14.4 Å². The van der Waals surface area contributed by atoms with Gasteiger partial charge in [0.25, 0.3) is 0 Å².